The number of rotatable bonds is 4. The molecule has 0 bridgehead atoms. The van der Waals surface area contributed by atoms with E-state index in [1.807, 2.05) is 23.9 Å². The van der Waals surface area contributed by atoms with Gasteiger partial charge in [-0.1, -0.05) is 0 Å². The van der Waals surface area contributed by atoms with Crippen LogP contribution in [0.1, 0.15) is 6.92 Å². The van der Waals surface area contributed by atoms with Crippen molar-refractivity contribution in [3.63, 3.8) is 0 Å². The molecule has 2 rings (SSSR count). The molecule has 0 amide bonds. The Labute approximate surface area is 93.5 Å². The van der Waals surface area contributed by atoms with Crippen LogP contribution in [0.3, 0.4) is 0 Å². The zero-order valence-corrected chi connectivity index (χ0v) is 9.04. The summed E-state index contributed by atoms with van der Waals surface area (Å²) in [6.07, 6.45) is 6.84. The van der Waals surface area contributed by atoms with Crippen molar-refractivity contribution in [2.75, 3.05) is 11.1 Å². The van der Waals surface area contributed by atoms with Crippen LogP contribution < -0.4 is 11.1 Å². The van der Waals surface area contributed by atoms with Crippen molar-refractivity contribution in [1.82, 2.24) is 19.7 Å². The molecule has 84 valence electrons. The van der Waals surface area contributed by atoms with Crippen LogP contribution in [0.15, 0.2) is 30.9 Å². The van der Waals surface area contributed by atoms with Gasteiger partial charge < -0.3 is 11.1 Å². The highest BCUT2D eigenvalue weighted by Gasteiger charge is 2.04. The van der Waals surface area contributed by atoms with Gasteiger partial charge in [-0.2, -0.15) is 5.10 Å². The van der Waals surface area contributed by atoms with Crippen molar-refractivity contribution in [2.24, 2.45) is 0 Å². The lowest BCUT2D eigenvalue weighted by Crippen LogP contribution is -2.23. The highest BCUT2D eigenvalue weighted by Crippen LogP contribution is 2.05. The maximum atomic E-state index is 5.54. The number of nitrogens with one attached hydrogen (secondary N) is 1. The highest BCUT2D eigenvalue weighted by molar-refractivity contribution is 5.38. The van der Waals surface area contributed by atoms with Crippen molar-refractivity contribution < 1.29 is 0 Å². The molecule has 2 aromatic heterocycles. The van der Waals surface area contributed by atoms with E-state index in [4.69, 9.17) is 5.73 Å². The van der Waals surface area contributed by atoms with Crippen molar-refractivity contribution in [3.05, 3.63) is 30.9 Å². The number of hydrogen-bond acceptors (Lipinski definition) is 5. The smallest absolute Gasteiger partial charge is 0.147 e. The Bertz CT molecular complexity index is 438. The number of nitrogen functional groups attached to an aromatic ring is 1. The number of aromatic nitrogens is 4. The molecule has 0 aromatic carbocycles. The quantitative estimate of drug-likeness (QED) is 0.791. The molecular weight excluding hydrogens is 204 g/mol. The van der Waals surface area contributed by atoms with Gasteiger partial charge in [0, 0.05) is 18.4 Å². The molecule has 0 saturated heterocycles. The predicted octanol–water partition coefficient (Wildman–Crippen LogP) is 0.756. The van der Waals surface area contributed by atoms with Gasteiger partial charge in [-0.15, -0.1) is 0 Å². The molecule has 2 aromatic rings. The standard InChI is InChI=1S/C10H14N6/c1-8(7-16-4-2-3-13-16)14-10-6-12-5-9(11)15-10/h2-6,8H,7H2,1H3,(H3,11,14,15). The summed E-state index contributed by atoms with van der Waals surface area (Å²) in [5.74, 6) is 1.09. The zero-order valence-electron chi connectivity index (χ0n) is 9.04. The lowest BCUT2D eigenvalue weighted by Gasteiger charge is -2.14. The fraction of sp³-hybridized carbons (Fsp3) is 0.300. The third-order valence-corrected chi connectivity index (χ3v) is 2.07. The highest BCUT2D eigenvalue weighted by atomic mass is 15.3. The fourth-order valence-corrected chi connectivity index (χ4v) is 1.44. The fourth-order valence-electron chi connectivity index (χ4n) is 1.44. The van der Waals surface area contributed by atoms with Crippen LogP contribution >= 0.6 is 0 Å². The van der Waals surface area contributed by atoms with Crippen molar-refractivity contribution in [2.45, 2.75) is 19.5 Å². The third kappa shape index (κ3) is 2.69. The van der Waals surface area contributed by atoms with Gasteiger partial charge in [0.15, 0.2) is 0 Å². The van der Waals surface area contributed by atoms with E-state index in [1.54, 1.807) is 12.4 Å². The van der Waals surface area contributed by atoms with Crippen LogP contribution in [0.25, 0.3) is 0 Å². The molecule has 0 aliphatic rings. The minimum absolute atomic E-state index is 0.205. The average Bonchev–Trinajstić information content (AvgIpc) is 2.70. The first-order chi connectivity index (χ1) is 7.74. The molecule has 6 nitrogen and oxygen atoms in total. The van der Waals surface area contributed by atoms with Gasteiger partial charge in [0.25, 0.3) is 0 Å². The minimum Gasteiger partial charge on any atom is -0.382 e. The summed E-state index contributed by atoms with van der Waals surface area (Å²) in [6.45, 7) is 2.82. The SMILES string of the molecule is CC(Cn1cccn1)Nc1cncc(N)n1. The van der Waals surface area contributed by atoms with Crippen molar-refractivity contribution >= 4 is 11.6 Å². The van der Waals surface area contributed by atoms with Gasteiger partial charge in [0.2, 0.25) is 0 Å². The summed E-state index contributed by atoms with van der Waals surface area (Å²) >= 11 is 0. The van der Waals surface area contributed by atoms with E-state index in [2.05, 4.69) is 20.4 Å². The normalized spacial score (nSPS) is 12.3. The van der Waals surface area contributed by atoms with E-state index < -0.39 is 0 Å². The average molecular weight is 218 g/mol. The first-order valence-corrected chi connectivity index (χ1v) is 5.05. The van der Waals surface area contributed by atoms with Crippen LogP contribution in [0.2, 0.25) is 0 Å². The van der Waals surface area contributed by atoms with Gasteiger partial charge in [0.05, 0.1) is 18.9 Å². The summed E-state index contributed by atoms with van der Waals surface area (Å²) in [5.41, 5.74) is 5.54. The van der Waals surface area contributed by atoms with Gasteiger partial charge >= 0.3 is 0 Å². The van der Waals surface area contributed by atoms with E-state index in [0.29, 0.717) is 11.6 Å². The Balaban J connectivity index is 1.94. The number of nitrogens with zero attached hydrogens (tertiary/aromatic N) is 4. The molecule has 1 unspecified atom stereocenters. The second kappa shape index (κ2) is 4.61. The summed E-state index contributed by atoms with van der Waals surface area (Å²) in [7, 11) is 0. The van der Waals surface area contributed by atoms with Crippen LogP contribution in [0.5, 0.6) is 0 Å². The van der Waals surface area contributed by atoms with Crippen LogP contribution in [0.4, 0.5) is 11.6 Å². The van der Waals surface area contributed by atoms with Crippen molar-refractivity contribution in [3.8, 4) is 0 Å². The first-order valence-electron chi connectivity index (χ1n) is 5.05. The molecule has 1 atom stereocenters. The molecule has 0 fully saturated rings. The summed E-state index contributed by atoms with van der Waals surface area (Å²) in [6, 6.07) is 2.10. The lowest BCUT2D eigenvalue weighted by atomic mass is 10.3. The molecule has 0 radical (unpaired) electrons. The van der Waals surface area contributed by atoms with E-state index >= 15 is 0 Å². The maximum Gasteiger partial charge on any atom is 0.147 e. The molecule has 6 heteroatoms. The van der Waals surface area contributed by atoms with Crippen LogP contribution in [-0.4, -0.2) is 25.8 Å². The van der Waals surface area contributed by atoms with Gasteiger partial charge in [-0.25, -0.2) is 4.98 Å². The molecule has 16 heavy (non-hydrogen) atoms. The molecular formula is C10H14N6. The first kappa shape index (κ1) is 10.4. The molecule has 0 aliphatic carbocycles. The second-order valence-corrected chi connectivity index (χ2v) is 3.60. The van der Waals surface area contributed by atoms with Gasteiger partial charge in [-0.05, 0) is 13.0 Å². The zero-order chi connectivity index (χ0) is 11.4. The molecule has 0 saturated carbocycles. The molecule has 2 heterocycles. The minimum atomic E-state index is 0.205. The molecule has 0 spiro atoms. The van der Waals surface area contributed by atoms with E-state index in [1.165, 1.54) is 6.20 Å². The summed E-state index contributed by atoms with van der Waals surface area (Å²) in [5, 5.41) is 7.34. The Morgan fingerprint density at radius 1 is 1.50 bits per heavy atom. The van der Waals surface area contributed by atoms with E-state index in [-0.39, 0.29) is 6.04 Å². The molecule has 0 aliphatic heterocycles. The van der Waals surface area contributed by atoms with Crippen LogP contribution in [0, 0.1) is 0 Å². The van der Waals surface area contributed by atoms with Crippen LogP contribution in [-0.2, 0) is 6.54 Å². The summed E-state index contributed by atoms with van der Waals surface area (Å²) < 4.78 is 1.86. The largest absolute Gasteiger partial charge is 0.382 e. The molecule has 3 N–H and O–H groups in total. The Morgan fingerprint density at radius 3 is 3.06 bits per heavy atom. The number of nitrogens with two attached hydrogens (primary N) is 1. The topological polar surface area (TPSA) is 81.7 Å². The Morgan fingerprint density at radius 2 is 2.38 bits per heavy atom. The van der Waals surface area contributed by atoms with Gasteiger partial charge in [0.1, 0.15) is 11.6 Å². The number of hydrogen-bond donors (Lipinski definition) is 2. The number of anilines is 2. The van der Waals surface area contributed by atoms with Gasteiger partial charge in [-0.3, -0.25) is 9.67 Å². The lowest BCUT2D eigenvalue weighted by molar-refractivity contribution is 0.559. The van der Waals surface area contributed by atoms with E-state index in [0.717, 1.165) is 6.54 Å². The Hall–Kier alpha value is -2.11. The van der Waals surface area contributed by atoms with E-state index in [9.17, 15) is 0 Å². The Kier molecular flexibility index (Phi) is 3.00. The second-order valence-electron chi connectivity index (χ2n) is 3.60. The summed E-state index contributed by atoms with van der Waals surface area (Å²) in [4.78, 5) is 8.08. The predicted molar refractivity (Wildman–Crippen MR) is 61.8 cm³/mol. The van der Waals surface area contributed by atoms with Crippen molar-refractivity contribution in [1.29, 1.82) is 0 Å². The monoisotopic (exact) mass is 218 g/mol. The third-order valence-electron chi connectivity index (χ3n) is 2.07. The maximum absolute atomic E-state index is 5.54.